The maximum absolute atomic E-state index is 5.86. The summed E-state index contributed by atoms with van der Waals surface area (Å²) in [5.74, 6) is 0. The van der Waals surface area contributed by atoms with Crippen LogP contribution in [0.15, 0.2) is 64.9 Å². The van der Waals surface area contributed by atoms with Gasteiger partial charge in [0.2, 0.25) is 0 Å². The van der Waals surface area contributed by atoms with Gasteiger partial charge in [-0.1, -0.05) is 35.0 Å². The molecule has 0 saturated heterocycles. The Bertz CT molecular complexity index is 508. The highest BCUT2D eigenvalue weighted by Crippen LogP contribution is 2.19. The molecule has 0 aromatic heterocycles. The van der Waals surface area contributed by atoms with Crippen LogP contribution >= 0.6 is 11.6 Å². The van der Waals surface area contributed by atoms with Crippen LogP contribution in [-0.2, 0) is 0 Å². The fourth-order valence-corrected chi connectivity index (χ4v) is 1.64. The van der Waals surface area contributed by atoms with Crippen LogP contribution in [0.4, 0.5) is 11.4 Å². The molecule has 0 aliphatic heterocycles. The van der Waals surface area contributed by atoms with Gasteiger partial charge in [-0.2, -0.15) is 0 Å². The maximum Gasteiger partial charge on any atom is 0.0874 e. The van der Waals surface area contributed by atoms with E-state index in [0.29, 0.717) is 0 Å². The molecule has 0 bridgehead atoms. The van der Waals surface area contributed by atoms with Crippen molar-refractivity contribution in [2.45, 2.75) is 6.92 Å². The number of hydrogen-bond acceptors (Lipinski definition) is 2. The Kier molecular flexibility index (Phi) is 4.31. The van der Waals surface area contributed by atoms with Crippen molar-refractivity contribution in [3.05, 3.63) is 59.6 Å². The summed E-state index contributed by atoms with van der Waals surface area (Å²) in [6.07, 6.45) is 0. The second-order valence-electron chi connectivity index (χ2n) is 3.72. The van der Waals surface area contributed by atoms with Crippen molar-refractivity contribution in [1.82, 2.24) is 0 Å². The van der Waals surface area contributed by atoms with Gasteiger partial charge in [-0.3, -0.25) is 0 Å². The second kappa shape index (κ2) is 6.17. The zero-order valence-electron chi connectivity index (χ0n) is 10.1. The first-order chi connectivity index (χ1) is 8.79. The zero-order valence-corrected chi connectivity index (χ0v) is 10.9. The van der Waals surface area contributed by atoms with Gasteiger partial charge in [0.1, 0.15) is 0 Å². The molecule has 2 aromatic carbocycles. The molecule has 92 valence electrons. The quantitative estimate of drug-likeness (QED) is 0.569. The van der Waals surface area contributed by atoms with Gasteiger partial charge < -0.3 is 0 Å². The van der Waals surface area contributed by atoms with Crippen molar-refractivity contribution in [2.75, 3.05) is 11.6 Å². The Labute approximate surface area is 112 Å². The third kappa shape index (κ3) is 3.31. The Hall–Kier alpha value is -1.87. The molecule has 18 heavy (non-hydrogen) atoms. The minimum atomic E-state index is 0.717. The number of rotatable bonds is 4. The number of halogens is 1. The lowest BCUT2D eigenvalue weighted by molar-refractivity contribution is 0.835. The number of benzene rings is 2. The van der Waals surface area contributed by atoms with Gasteiger partial charge in [-0.15, -0.1) is 5.11 Å². The van der Waals surface area contributed by atoms with Crippen LogP contribution < -0.4 is 5.01 Å². The van der Waals surface area contributed by atoms with E-state index in [-0.39, 0.29) is 0 Å². The largest absolute Gasteiger partial charge is 0.247 e. The van der Waals surface area contributed by atoms with E-state index < -0.39 is 0 Å². The Morgan fingerprint density at radius 2 is 1.67 bits per heavy atom. The molecule has 0 spiro atoms. The van der Waals surface area contributed by atoms with Crippen LogP contribution in [0.25, 0.3) is 0 Å². The second-order valence-corrected chi connectivity index (χ2v) is 4.15. The summed E-state index contributed by atoms with van der Waals surface area (Å²) in [7, 11) is 0. The summed E-state index contributed by atoms with van der Waals surface area (Å²) >= 11 is 5.86. The molecule has 0 saturated carbocycles. The molecule has 0 N–H and O–H groups in total. The van der Waals surface area contributed by atoms with Gasteiger partial charge in [0.25, 0.3) is 0 Å². The molecule has 0 amide bonds. The molecular weight excluding hydrogens is 246 g/mol. The highest BCUT2D eigenvalue weighted by molar-refractivity contribution is 6.30. The average Bonchev–Trinajstić information content (AvgIpc) is 2.42. The molecule has 0 fully saturated rings. The van der Waals surface area contributed by atoms with E-state index >= 15 is 0 Å². The van der Waals surface area contributed by atoms with Crippen LogP contribution in [0.1, 0.15) is 6.92 Å². The van der Waals surface area contributed by atoms with Crippen molar-refractivity contribution < 1.29 is 0 Å². The fraction of sp³-hybridized carbons (Fsp3) is 0.143. The number of nitrogens with zero attached hydrogens (tertiary/aromatic N) is 3. The smallest absolute Gasteiger partial charge is 0.0874 e. The Morgan fingerprint density at radius 1 is 1.00 bits per heavy atom. The first-order valence-electron chi connectivity index (χ1n) is 5.79. The average molecular weight is 260 g/mol. The molecule has 0 atom stereocenters. The first kappa shape index (κ1) is 12.6. The van der Waals surface area contributed by atoms with Crippen LogP contribution in [0.5, 0.6) is 0 Å². The highest BCUT2D eigenvalue weighted by atomic mass is 35.5. The zero-order chi connectivity index (χ0) is 12.8. The molecule has 3 nitrogen and oxygen atoms in total. The van der Waals surface area contributed by atoms with Crippen molar-refractivity contribution >= 4 is 23.0 Å². The summed E-state index contributed by atoms with van der Waals surface area (Å²) in [4.78, 5) is 0. The van der Waals surface area contributed by atoms with E-state index in [1.807, 2.05) is 66.5 Å². The molecule has 0 heterocycles. The first-order valence-corrected chi connectivity index (χ1v) is 6.17. The van der Waals surface area contributed by atoms with Gasteiger partial charge in [-0.05, 0) is 43.3 Å². The van der Waals surface area contributed by atoms with E-state index in [0.717, 1.165) is 22.9 Å². The van der Waals surface area contributed by atoms with Crippen LogP contribution in [0.2, 0.25) is 5.02 Å². The minimum absolute atomic E-state index is 0.717. The summed E-state index contributed by atoms with van der Waals surface area (Å²) in [6, 6.07) is 17.2. The lowest BCUT2D eigenvalue weighted by Crippen LogP contribution is -2.13. The summed E-state index contributed by atoms with van der Waals surface area (Å²) in [5, 5.41) is 11.0. The van der Waals surface area contributed by atoms with Crippen LogP contribution in [0, 0.1) is 0 Å². The summed E-state index contributed by atoms with van der Waals surface area (Å²) in [6.45, 7) is 2.77. The van der Waals surface area contributed by atoms with Gasteiger partial charge in [0.15, 0.2) is 0 Å². The number of hydrogen-bond donors (Lipinski definition) is 0. The van der Waals surface area contributed by atoms with E-state index in [2.05, 4.69) is 10.3 Å². The van der Waals surface area contributed by atoms with Crippen molar-refractivity contribution in [3.8, 4) is 0 Å². The van der Waals surface area contributed by atoms with E-state index in [4.69, 9.17) is 11.6 Å². The molecule has 2 aromatic rings. The van der Waals surface area contributed by atoms with E-state index in [9.17, 15) is 0 Å². The van der Waals surface area contributed by atoms with E-state index in [1.54, 1.807) is 0 Å². The molecule has 0 unspecified atom stereocenters. The molecule has 4 heteroatoms. The predicted molar refractivity (Wildman–Crippen MR) is 75.4 cm³/mol. The fourth-order valence-electron chi connectivity index (χ4n) is 1.51. The SMILES string of the molecule is CCN(N=Nc1ccccc1)c1ccc(Cl)cc1. The van der Waals surface area contributed by atoms with Crippen LogP contribution in [0.3, 0.4) is 0 Å². The van der Waals surface area contributed by atoms with Crippen molar-refractivity contribution in [3.63, 3.8) is 0 Å². The maximum atomic E-state index is 5.86. The van der Waals surface area contributed by atoms with E-state index in [1.165, 1.54) is 0 Å². The molecular formula is C14H14ClN3. The lowest BCUT2D eigenvalue weighted by atomic mass is 10.3. The highest BCUT2D eigenvalue weighted by Gasteiger charge is 2.01. The van der Waals surface area contributed by atoms with Gasteiger partial charge >= 0.3 is 0 Å². The third-order valence-corrected chi connectivity index (χ3v) is 2.70. The normalized spacial score (nSPS) is 10.8. The Morgan fingerprint density at radius 3 is 2.28 bits per heavy atom. The topological polar surface area (TPSA) is 28.0 Å². The molecule has 0 aliphatic carbocycles. The summed E-state index contributed by atoms with van der Waals surface area (Å²) in [5.41, 5.74) is 1.81. The summed E-state index contributed by atoms with van der Waals surface area (Å²) < 4.78 is 0. The van der Waals surface area contributed by atoms with Gasteiger partial charge in [0, 0.05) is 11.6 Å². The van der Waals surface area contributed by atoms with Gasteiger partial charge in [-0.25, -0.2) is 5.01 Å². The van der Waals surface area contributed by atoms with Crippen LogP contribution in [-0.4, -0.2) is 6.54 Å². The Balaban J connectivity index is 2.15. The number of anilines is 1. The molecule has 0 aliphatic rings. The standard InChI is InChI=1S/C14H14ClN3/c1-2-18(14-10-8-12(15)9-11-14)17-16-13-6-4-3-5-7-13/h3-11H,2H2,1H3. The lowest BCUT2D eigenvalue weighted by Gasteiger charge is -2.15. The van der Waals surface area contributed by atoms with Crippen molar-refractivity contribution in [2.24, 2.45) is 10.3 Å². The van der Waals surface area contributed by atoms with Gasteiger partial charge in [0.05, 0.1) is 11.4 Å². The third-order valence-electron chi connectivity index (χ3n) is 2.45. The molecule has 0 radical (unpaired) electrons. The molecule has 2 rings (SSSR count). The van der Waals surface area contributed by atoms with Crippen molar-refractivity contribution in [1.29, 1.82) is 0 Å². The predicted octanol–water partition coefficient (Wildman–Crippen LogP) is 4.87. The monoisotopic (exact) mass is 259 g/mol. The minimum Gasteiger partial charge on any atom is -0.247 e.